The van der Waals surface area contributed by atoms with E-state index < -0.39 is 7.82 Å². The van der Waals surface area contributed by atoms with E-state index in [1.54, 1.807) is 66.7 Å². The minimum atomic E-state index is -4.28. The zero-order valence-electron chi connectivity index (χ0n) is 13.5. The van der Waals surface area contributed by atoms with Crippen molar-refractivity contribution in [1.29, 1.82) is 0 Å². The van der Waals surface area contributed by atoms with Crippen molar-refractivity contribution in [3.05, 3.63) is 78.4 Å². The number of phenolic OH excluding ortho intramolecular Hbond substituents is 1. The molecule has 1 atom stereocenters. The van der Waals surface area contributed by atoms with E-state index in [4.69, 9.17) is 9.05 Å². The van der Waals surface area contributed by atoms with Crippen LogP contribution in [0.2, 0.25) is 0 Å². The second-order valence-electron chi connectivity index (χ2n) is 5.44. The van der Waals surface area contributed by atoms with Crippen LogP contribution in [-0.4, -0.2) is 10.00 Å². The molecule has 5 nitrogen and oxygen atoms in total. The van der Waals surface area contributed by atoms with Crippen molar-refractivity contribution in [1.82, 2.24) is 0 Å². The number of phosphoric ester groups is 1. The molecule has 0 saturated carbocycles. The summed E-state index contributed by atoms with van der Waals surface area (Å²) in [5.74, 6) is 0.678. The number of hydrogen-bond acceptors (Lipinski definition) is 4. The minimum Gasteiger partial charge on any atom is -0.508 e. The molecule has 0 amide bonds. The van der Waals surface area contributed by atoms with Gasteiger partial charge in [0.1, 0.15) is 17.2 Å². The fraction of sp³-hybridized carbons (Fsp3) is 0.0526. The first-order chi connectivity index (χ1) is 11.9. The van der Waals surface area contributed by atoms with Crippen LogP contribution in [0.4, 0.5) is 0 Å². The lowest BCUT2D eigenvalue weighted by atomic mass is 10.00. The number of benzene rings is 3. The molecule has 0 aromatic heterocycles. The molecule has 0 heterocycles. The Morgan fingerprint density at radius 2 is 1.40 bits per heavy atom. The molecule has 0 fully saturated rings. The van der Waals surface area contributed by atoms with E-state index in [-0.39, 0.29) is 17.2 Å². The summed E-state index contributed by atoms with van der Waals surface area (Å²) in [6.45, 7) is 1.82. The van der Waals surface area contributed by atoms with Crippen LogP contribution in [0.1, 0.15) is 5.56 Å². The highest BCUT2D eigenvalue weighted by Gasteiger charge is 2.24. The molecule has 0 aliphatic heterocycles. The lowest BCUT2D eigenvalue weighted by molar-refractivity contribution is 0.291. The van der Waals surface area contributed by atoms with Crippen molar-refractivity contribution < 1.29 is 23.6 Å². The van der Waals surface area contributed by atoms with Crippen molar-refractivity contribution in [2.45, 2.75) is 6.92 Å². The van der Waals surface area contributed by atoms with E-state index in [0.29, 0.717) is 0 Å². The van der Waals surface area contributed by atoms with Gasteiger partial charge in [-0.1, -0.05) is 42.5 Å². The monoisotopic (exact) mass is 356 g/mol. The highest BCUT2D eigenvalue weighted by Crippen LogP contribution is 2.44. The Bertz CT molecular complexity index is 907. The number of para-hydroxylation sites is 1. The number of phenols is 1. The van der Waals surface area contributed by atoms with E-state index in [1.165, 1.54) is 0 Å². The summed E-state index contributed by atoms with van der Waals surface area (Å²) in [5.41, 5.74) is 2.49. The molecule has 25 heavy (non-hydrogen) atoms. The molecule has 0 aliphatic rings. The van der Waals surface area contributed by atoms with E-state index in [9.17, 15) is 14.6 Å². The Labute approximate surface area is 145 Å². The molecule has 0 aliphatic carbocycles. The molecule has 128 valence electrons. The molecular weight excluding hydrogens is 339 g/mol. The minimum absolute atomic E-state index is 0.211. The van der Waals surface area contributed by atoms with Gasteiger partial charge in [-0.05, 0) is 53.9 Å². The van der Waals surface area contributed by atoms with Crippen LogP contribution in [0.3, 0.4) is 0 Å². The fourth-order valence-corrected chi connectivity index (χ4v) is 3.21. The van der Waals surface area contributed by atoms with Gasteiger partial charge >= 0.3 is 7.82 Å². The number of hydrogen-bond donors (Lipinski definition) is 2. The summed E-state index contributed by atoms with van der Waals surface area (Å²) in [7, 11) is -4.28. The molecule has 6 heteroatoms. The smallest absolute Gasteiger partial charge is 0.508 e. The van der Waals surface area contributed by atoms with E-state index in [2.05, 4.69) is 0 Å². The third kappa shape index (κ3) is 4.21. The first-order valence-corrected chi connectivity index (χ1v) is 9.10. The van der Waals surface area contributed by atoms with Crippen molar-refractivity contribution >= 4 is 7.82 Å². The van der Waals surface area contributed by atoms with Crippen LogP contribution < -0.4 is 9.05 Å². The first-order valence-electron chi connectivity index (χ1n) is 7.61. The van der Waals surface area contributed by atoms with Crippen LogP contribution in [0.15, 0.2) is 72.8 Å². The van der Waals surface area contributed by atoms with Gasteiger partial charge in [-0.25, -0.2) is 4.57 Å². The van der Waals surface area contributed by atoms with Gasteiger partial charge in [0.15, 0.2) is 0 Å². The Kier molecular flexibility index (Phi) is 4.79. The third-order valence-corrected chi connectivity index (χ3v) is 4.54. The van der Waals surface area contributed by atoms with Crippen LogP contribution in [0.25, 0.3) is 11.1 Å². The molecule has 0 saturated heterocycles. The highest BCUT2D eigenvalue weighted by molar-refractivity contribution is 7.48. The quantitative estimate of drug-likeness (QED) is 0.634. The average molecular weight is 356 g/mol. The molecule has 0 spiro atoms. The number of rotatable bonds is 5. The van der Waals surface area contributed by atoms with Gasteiger partial charge in [-0.2, -0.15) is 0 Å². The van der Waals surface area contributed by atoms with Gasteiger partial charge in [0.25, 0.3) is 0 Å². The van der Waals surface area contributed by atoms with E-state index in [1.807, 2.05) is 13.0 Å². The zero-order chi connectivity index (χ0) is 17.9. The van der Waals surface area contributed by atoms with Gasteiger partial charge in [0, 0.05) is 0 Å². The van der Waals surface area contributed by atoms with Crippen LogP contribution >= 0.6 is 7.82 Å². The third-order valence-electron chi connectivity index (χ3n) is 3.66. The zero-order valence-corrected chi connectivity index (χ0v) is 14.4. The largest absolute Gasteiger partial charge is 0.584 e. The van der Waals surface area contributed by atoms with Crippen molar-refractivity contribution in [2.75, 3.05) is 0 Å². The summed E-state index contributed by atoms with van der Waals surface area (Å²) < 4.78 is 22.2. The van der Waals surface area contributed by atoms with Crippen LogP contribution in [-0.2, 0) is 4.57 Å². The summed E-state index contributed by atoms with van der Waals surface area (Å²) in [6, 6.07) is 20.2. The maximum Gasteiger partial charge on any atom is 0.584 e. The Morgan fingerprint density at radius 3 is 2.04 bits per heavy atom. The lowest BCUT2D eigenvalue weighted by Gasteiger charge is -2.14. The normalized spacial score (nSPS) is 13.0. The fourth-order valence-electron chi connectivity index (χ4n) is 2.40. The van der Waals surface area contributed by atoms with Gasteiger partial charge in [-0.3, -0.25) is 4.89 Å². The summed E-state index contributed by atoms with van der Waals surface area (Å²) in [5, 5.41) is 9.80. The molecule has 3 rings (SSSR count). The van der Waals surface area contributed by atoms with Gasteiger partial charge in [0.05, 0.1) is 0 Å². The van der Waals surface area contributed by atoms with Gasteiger partial charge in [-0.15, -0.1) is 0 Å². The standard InChI is InChI=1S/C19H17O5P/c1-14-18(8-5-9-19(14)20)15-10-12-17(13-11-15)24-25(21,22)23-16-6-3-2-4-7-16/h2-13,20H,1H3,(H,21,22). The summed E-state index contributed by atoms with van der Waals surface area (Å²) >= 11 is 0. The topological polar surface area (TPSA) is 76.0 Å². The number of phosphoric acid groups is 1. The molecule has 3 aromatic rings. The SMILES string of the molecule is Cc1c(O)cccc1-c1ccc(OP(=O)(O)Oc2ccccc2)cc1. The predicted molar refractivity (Wildman–Crippen MR) is 95.8 cm³/mol. The Hall–Kier alpha value is -2.75. The summed E-state index contributed by atoms with van der Waals surface area (Å²) in [6.07, 6.45) is 0. The van der Waals surface area contributed by atoms with Crippen molar-refractivity contribution in [2.24, 2.45) is 0 Å². The van der Waals surface area contributed by atoms with Gasteiger partial charge in [0.2, 0.25) is 0 Å². The molecule has 3 aromatic carbocycles. The van der Waals surface area contributed by atoms with Crippen molar-refractivity contribution in [3.63, 3.8) is 0 Å². The van der Waals surface area contributed by atoms with E-state index >= 15 is 0 Å². The van der Waals surface area contributed by atoms with E-state index in [0.717, 1.165) is 16.7 Å². The molecule has 2 N–H and O–H groups in total. The summed E-state index contributed by atoms with van der Waals surface area (Å²) in [4.78, 5) is 9.87. The second-order valence-corrected chi connectivity index (χ2v) is 6.74. The number of aromatic hydroxyl groups is 1. The second kappa shape index (κ2) is 7.01. The maximum absolute atomic E-state index is 12.1. The van der Waals surface area contributed by atoms with Crippen molar-refractivity contribution in [3.8, 4) is 28.4 Å². The lowest BCUT2D eigenvalue weighted by Crippen LogP contribution is -1.99. The molecular formula is C19H17O5P. The van der Waals surface area contributed by atoms with Crippen LogP contribution in [0.5, 0.6) is 17.2 Å². The van der Waals surface area contributed by atoms with Gasteiger partial charge < -0.3 is 14.2 Å². The predicted octanol–water partition coefficient (Wildman–Crippen LogP) is 4.93. The molecule has 1 unspecified atom stereocenters. The Morgan fingerprint density at radius 1 is 0.800 bits per heavy atom. The average Bonchev–Trinajstić information content (AvgIpc) is 2.58. The maximum atomic E-state index is 12.1. The Balaban J connectivity index is 1.76. The van der Waals surface area contributed by atoms with Crippen LogP contribution in [0, 0.1) is 6.92 Å². The highest BCUT2D eigenvalue weighted by atomic mass is 31.2. The first kappa shape index (κ1) is 17.1. The molecule has 0 bridgehead atoms. The molecule has 0 radical (unpaired) electrons.